The van der Waals surface area contributed by atoms with Gasteiger partial charge < -0.3 is 19.7 Å². The molecule has 2 aliphatic rings. The number of ether oxygens (including phenoxy) is 2. The van der Waals surface area contributed by atoms with Gasteiger partial charge >= 0.3 is 0 Å². The molecule has 1 fully saturated rings. The van der Waals surface area contributed by atoms with Gasteiger partial charge in [-0.15, -0.1) is 0 Å². The van der Waals surface area contributed by atoms with E-state index in [2.05, 4.69) is 16.9 Å². The molecule has 4 nitrogen and oxygen atoms in total. The van der Waals surface area contributed by atoms with Gasteiger partial charge in [-0.1, -0.05) is 12.2 Å². The number of rotatable bonds is 6. The molecule has 0 heterocycles. The van der Waals surface area contributed by atoms with Crippen molar-refractivity contribution < 1.29 is 19.7 Å². The van der Waals surface area contributed by atoms with Crippen molar-refractivity contribution in [2.24, 2.45) is 11.8 Å². The molecule has 2 unspecified atom stereocenters. The van der Waals surface area contributed by atoms with Crippen LogP contribution in [0.25, 0.3) is 0 Å². The Kier molecular flexibility index (Phi) is 7.42. The summed E-state index contributed by atoms with van der Waals surface area (Å²) in [6.07, 6.45) is 9.19. The van der Waals surface area contributed by atoms with Gasteiger partial charge in [-0.3, -0.25) is 0 Å². The molecule has 16 heavy (non-hydrogen) atoms. The van der Waals surface area contributed by atoms with Crippen molar-refractivity contribution in [3.8, 4) is 0 Å². The minimum Gasteiger partial charge on any atom is -0.394 e. The van der Waals surface area contributed by atoms with Gasteiger partial charge in [-0.2, -0.15) is 0 Å². The van der Waals surface area contributed by atoms with Crippen LogP contribution in [0.4, 0.5) is 0 Å². The van der Waals surface area contributed by atoms with E-state index < -0.39 is 0 Å². The maximum atomic E-state index is 8.21. The fraction of sp³-hybridized carbons (Fsp3) is 0.833. The molecule has 94 valence electrons. The Bertz CT molecular complexity index is 175. The van der Waals surface area contributed by atoms with Crippen LogP contribution >= 0.6 is 0 Å². The maximum absolute atomic E-state index is 8.21. The minimum absolute atomic E-state index is 0.0269. The second-order valence-electron chi connectivity index (χ2n) is 4.09. The van der Waals surface area contributed by atoms with Crippen LogP contribution in [0.1, 0.15) is 19.3 Å². The first-order valence-electron chi connectivity index (χ1n) is 5.92. The highest BCUT2D eigenvalue weighted by molar-refractivity contribution is 5.06. The zero-order valence-corrected chi connectivity index (χ0v) is 9.68. The third-order valence-electron chi connectivity index (χ3n) is 2.87. The molecule has 2 rings (SSSR count). The average Bonchev–Trinajstić information content (AvgIpc) is 2.94. The summed E-state index contributed by atoms with van der Waals surface area (Å²) in [5, 5.41) is 16.3. The van der Waals surface area contributed by atoms with Crippen molar-refractivity contribution in [2.75, 3.05) is 33.2 Å². The lowest BCUT2D eigenvalue weighted by atomic mass is 10.1. The molecule has 2 aliphatic carbocycles. The van der Waals surface area contributed by atoms with Gasteiger partial charge in [0.05, 0.1) is 26.4 Å². The second kappa shape index (κ2) is 8.70. The smallest absolute Gasteiger partial charge is 0.143 e. The van der Waals surface area contributed by atoms with Gasteiger partial charge in [0.1, 0.15) is 6.79 Å². The largest absolute Gasteiger partial charge is 0.394 e. The van der Waals surface area contributed by atoms with Crippen molar-refractivity contribution >= 4 is 0 Å². The van der Waals surface area contributed by atoms with E-state index in [1.54, 1.807) is 0 Å². The van der Waals surface area contributed by atoms with Crippen LogP contribution in [-0.4, -0.2) is 43.4 Å². The van der Waals surface area contributed by atoms with Crippen LogP contribution in [-0.2, 0) is 9.47 Å². The molecule has 0 spiro atoms. The third-order valence-corrected chi connectivity index (χ3v) is 2.87. The topological polar surface area (TPSA) is 58.9 Å². The molecule has 2 N–H and O–H groups in total. The van der Waals surface area contributed by atoms with Crippen LogP contribution in [0.3, 0.4) is 0 Å². The van der Waals surface area contributed by atoms with E-state index in [4.69, 9.17) is 14.9 Å². The molecule has 4 heteroatoms. The Hall–Kier alpha value is -0.420. The molecular formula is C12H22O4. The predicted molar refractivity (Wildman–Crippen MR) is 60.9 cm³/mol. The highest BCUT2D eigenvalue weighted by Gasteiger charge is 2.25. The molecule has 0 aliphatic heterocycles. The number of hydrogen-bond donors (Lipinski definition) is 2. The zero-order valence-electron chi connectivity index (χ0n) is 9.68. The van der Waals surface area contributed by atoms with Gasteiger partial charge in [0.15, 0.2) is 0 Å². The van der Waals surface area contributed by atoms with E-state index in [0.717, 1.165) is 11.8 Å². The average molecular weight is 230 g/mol. The molecule has 2 bridgehead atoms. The van der Waals surface area contributed by atoms with Crippen LogP contribution in [0.5, 0.6) is 0 Å². The Morgan fingerprint density at radius 2 is 1.56 bits per heavy atom. The summed E-state index contributed by atoms with van der Waals surface area (Å²) in [4.78, 5) is 0. The Labute approximate surface area is 96.9 Å². The number of allylic oxidation sites excluding steroid dienone is 2. The summed E-state index contributed by atoms with van der Waals surface area (Å²) in [5.41, 5.74) is 0. The summed E-state index contributed by atoms with van der Waals surface area (Å²) in [6.45, 7) is 0.869. The molecule has 0 amide bonds. The monoisotopic (exact) mass is 230 g/mol. The first-order chi connectivity index (χ1) is 7.86. The quantitative estimate of drug-likeness (QED) is 0.405. The molecule has 2 atom stereocenters. The van der Waals surface area contributed by atoms with Gasteiger partial charge in [0.2, 0.25) is 0 Å². The molecule has 0 aromatic rings. The molecule has 1 saturated carbocycles. The minimum atomic E-state index is -0.275. The summed E-state index contributed by atoms with van der Waals surface area (Å²) in [6, 6.07) is 0. The normalized spacial score (nSPS) is 25.6. The second-order valence-corrected chi connectivity index (χ2v) is 4.09. The van der Waals surface area contributed by atoms with E-state index in [1.807, 2.05) is 0 Å². The summed E-state index contributed by atoms with van der Waals surface area (Å²) >= 11 is 0. The van der Waals surface area contributed by atoms with Crippen LogP contribution < -0.4 is 0 Å². The highest BCUT2D eigenvalue weighted by atomic mass is 16.6. The molecule has 0 aromatic heterocycles. The van der Waals surface area contributed by atoms with Gasteiger partial charge in [0.25, 0.3) is 0 Å². The Balaban J connectivity index is 0.000000163. The number of fused-ring (bicyclic) bond motifs is 2. The summed E-state index contributed by atoms with van der Waals surface area (Å²) in [5.74, 6) is 1.98. The van der Waals surface area contributed by atoms with E-state index in [9.17, 15) is 0 Å². The predicted octanol–water partition coefficient (Wildman–Crippen LogP) is 0.934. The van der Waals surface area contributed by atoms with Crippen molar-refractivity contribution in [3.63, 3.8) is 0 Å². The standard InChI is InChI=1S/C7H10.C5H12O4/c1-2-7-4-3-6(1)5-7;6-1-2-8-3-4-9-5-7/h1-2,6-7H,3-5H2;6-7H,1-5H2. The maximum Gasteiger partial charge on any atom is 0.143 e. The summed E-state index contributed by atoms with van der Waals surface area (Å²) in [7, 11) is 0. The van der Waals surface area contributed by atoms with E-state index in [1.165, 1.54) is 19.3 Å². The molecule has 0 aromatic carbocycles. The Morgan fingerprint density at radius 3 is 1.94 bits per heavy atom. The highest BCUT2D eigenvalue weighted by Crippen LogP contribution is 2.38. The van der Waals surface area contributed by atoms with Crippen LogP contribution in [0.15, 0.2) is 12.2 Å². The third kappa shape index (κ3) is 5.61. The van der Waals surface area contributed by atoms with E-state index >= 15 is 0 Å². The molecule has 0 radical (unpaired) electrons. The van der Waals surface area contributed by atoms with Gasteiger partial charge in [-0.05, 0) is 31.1 Å². The lowest BCUT2D eigenvalue weighted by Crippen LogP contribution is -2.07. The molecular weight excluding hydrogens is 208 g/mol. The fourth-order valence-electron chi connectivity index (χ4n) is 2.07. The van der Waals surface area contributed by atoms with Crippen molar-refractivity contribution in [2.45, 2.75) is 19.3 Å². The first-order valence-corrected chi connectivity index (χ1v) is 5.92. The van der Waals surface area contributed by atoms with E-state index in [0.29, 0.717) is 19.8 Å². The molecule has 0 saturated heterocycles. The van der Waals surface area contributed by atoms with Gasteiger partial charge in [-0.25, -0.2) is 0 Å². The van der Waals surface area contributed by atoms with Crippen molar-refractivity contribution in [3.05, 3.63) is 12.2 Å². The van der Waals surface area contributed by atoms with Crippen molar-refractivity contribution in [1.29, 1.82) is 0 Å². The number of hydrogen-bond acceptors (Lipinski definition) is 4. The Morgan fingerprint density at radius 1 is 0.938 bits per heavy atom. The number of aliphatic hydroxyl groups is 2. The number of aliphatic hydroxyl groups excluding tert-OH is 2. The summed E-state index contributed by atoms with van der Waals surface area (Å²) < 4.78 is 9.33. The van der Waals surface area contributed by atoms with Crippen LogP contribution in [0, 0.1) is 11.8 Å². The zero-order chi connectivity index (χ0) is 11.6. The lowest BCUT2D eigenvalue weighted by molar-refractivity contribution is -0.0326. The van der Waals surface area contributed by atoms with Crippen molar-refractivity contribution in [1.82, 2.24) is 0 Å². The van der Waals surface area contributed by atoms with E-state index in [-0.39, 0.29) is 13.4 Å². The SMILES string of the molecule is C1=CC2CCC1C2.OCCOCCOCO. The van der Waals surface area contributed by atoms with Crippen LogP contribution in [0.2, 0.25) is 0 Å². The first kappa shape index (κ1) is 13.6. The lowest BCUT2D eigenvalue weighted by Gasteiger charge is -2.00. The fourth-order valence-corrected chi connectivity index (χ4v) is 2.07. The van der Waals surface area contributed by atoms with Gasteiger partial charge in [0, 0.05) is 0 Å².